The van der Waals surface area contributed by atoms with Crippen LogP contribution < -0.4 is 5.32 Å². The van der Waals surface area contributed by atoms with Crippen LogP contribution in [0.15, 0.2) is 17.5 Å². The second kappa shape index (κ2) is 8.85. The number of aliphatic hydroxyl groups is 1. The molecule has 0 aliphatic rings. The topological polar surface area (TPSA) is 49.3 Å². The van der Waals surface area contributed by atoms with Crippen molar-refractivity contribution in [2.75, 3.05) is 18.6 Å². The Morgan fingerprint density at radius 1 is 1.61 bits per heavy atom. The van der Waals surface area contributed by atoms with E-state index >= 15 is 0 Å². The fourth-order valence-electron chi connectivity index (χ4n) is 1.46. The molecule has 0 bridgehead atoms. The van der Waals surface area contributed by atoms with Crippen LogP contribution in [-0.2, 0) is 10.5 Å². The number of carbonyl (C=O) groups is 1. The second-order valence-electron chi connectivity index (χ2n) is 3.89. The average Bonchev–Trinajstić information content (AvgIpc) is 2.83. The maximum absolute atomic E-state index is 11.7. The standard InChI is InChI=1S/C12H19NO2S3/c1-9(11(6-14)16-2)13-12(15)8-17-7-10-4-3-5-18-10/h3-5,9,11,14H,6-8H2,1-2H3,(H,13,15). The van der Waals surface area contributed by atoms with Crippen molar-refractivity contribution in [3.8, 4) is 0 Å². The first-order chi connectivity index (χ1) is 8.67. The van der Waals surface area contributed by atoms with E-state index < -0.39 is 0 Å². The number of rotatable bonds is 8. The molecule has 0 fully saturated rings. The smallest absolute Gasteiger partial charge is 0.230 e. The van der Waals surface area contributed by atoms with Crippen molar-refractivity contribution < 1.29 is 9.90 Å². The zero-order valence-corrected chi connectivity index (χ0v) is 13.0. The van der Waals surface area contributed by atoms with Crippen LogP contribution >= 0.6 is 34.9 Å². The Morgan fingerprint density at radius 3 is 2.94 bits per heavy atom. The Balaban J connectivity index is 2.20. The molecule has 1 heterocycles. The number of aliphatic hydroxyl groups excluding tert-OH is 1. The number of thiophene rings is 1. The van der Waals surface area contributed by atoms with Crippen molar-refractivity contribution in [2.45, 2.75) is 24.0 Å². The van der Waals surface area contributed by atoms with Crippen LogP contribution in [0.1, 0.15) is 11.8 Å². The highest BCUT2D eigenvalue weighted by Crippen LogP contribution is 2.17. The normalized spacial score (nSPS) is 14.2. The van der Waals surface area contributed by atoms with E-state index in [1.807, 2.05) is 24.6 Å². The van der Waals surface area contributed by atoms with Gasteiger partial charge in [0.05, 0.1) is 12.4 Å². The highest BCUT2D eigenvalue weighted by atomic mass is 32.2. The van der Waals surface area contributed by atoms with Crippen molar-refractivity contribution in [2.24, 2.45) is 0 Å². The van der Waals surface area contributed by atoms with E-state index in [0.29, 0.717) is 5.75 Å². The third kappa shape index (κ3) is 5.65. The molecule has 0 saturated carbocycles. The Kier molecular flexibility index (Phi) is 7.81. The predicted octanol–water partition coefficient (Wildman–Crippen LogP) is 2.21. The maximum atomic E-state index is 11.7. The molecule has 2 atom stereocenters. The molecule has 0 radical (unpaired) electrons. The van der Waals surface area contributed by atoms with Gasteiger partial charge in [-0.1, -0.05) is 6.07 Å². The molecule has 0 aliphatic heterocycles. The molecular weight excluding hydrogens is 286 g/mol. The fraction of sp³-hybridized carbons (Fsp3) is 0.583. The molecule has 0 spiro atoms. The molecule has 1 amide bonds. The van der Waals surface area contributed by atoms with Crippen LogP contribution in [0.5, 0.6) is 0 Å². The summed E-state index contributed by atoms with van der Waals surface area (Å²) in [6, 6.07) is 4.10. The highest BCUT2D eigenvalue weighted by Gasteiger charge is 2.17. The zero-order chi connectivity index (χ0) is 13.4. The number of carbonyl (C=O) groups excluding carboxylic acids is 1. The maximum Gasteiger partial charge on any atom is 0.230 e. The molecule has 1 rings (SSSR count). The summed E-state index contributed by atoms with van der Waals surface area (Å²) in [7, 11) is 0. The van der Waals surface area contributed by atoms with Gasteiger partial charge in [0, 0.05) is 21.9 Å². The lowest BCUT2D eigenvalue weighted by Crippen LogP contribution is -2.42. The molecule has 1 aromatic heterocycles. The van der Waals surface area contributed by atoms with Crippen LogP contribution in [0.2, 0.25) is 0 Å². The van der Waals surface area contributed by atoms with Gasteiger partial charge in [0.25, 0.3) is 0 Å². The molecule has 18 heavy (non-hydrogen) atoms. The molecule has 2 N–H and O–H groups in total. The summed E-state index contributed by atoms with van der Waals surface area (Å²) in [6.07, 6.45) is 1.94. The largest absolute Gasteiger partial charge is 0.395 e. The fourth-order valence-corrected chi connectivity index (χ4v) is 3.77. The minimum atomic E-state index is -0.000150. The van der Waals surface area contributed by atoms with Gasteiger partial charge in [-0.25, -0.2) is 0 Å². The van der Waals surface area contributed by atoms with E-state index in [4.69, 9.17) is 5.11 Å². The van der Waals surface area contributed by atoms with Crippen LogP contribution in [0.4, 0.5) is 0 Å². The van der Waals surface area contributed by atoms with Gasteiger partial charge in [-0.3, -0.25) is 4.79 Å². The summed E-state index contributed by atoms with van der Waals surface area (Å²) in [4.78, 5) is 13.0. The molecule has 1 aromatic rings. The monoisotopic (exact) mass is 305 g/mol. The van der Waals surface area contributed by atoms with Gasteiger partial charge in [0.15, 0.2) is 0 Å². The molecule has 0 aromatic carbocycles. The summed E-state index contributed by atoms with van der Waals surface area (Å²) in [5.41, 5.74) is 0. The quantitative estimate of drug-likeness (QED) is 0.773. The van der Waals surface area contributed by atoms with Gasteiger partial charge in [-0.2, -0.15) is 11.8 Å². The summed E-state index contributed by atoms with van der Waals surface area (Å²) in [5.74, 6) is 1.39. The van der Waals surface area contributed by atoms with Crippen molar-refractivity contribution in [3.05, 3.63) is 22.4 Å². The summed E-state index contributed by atoms with van der Waals surface area (Å²) < 4.78 is 0. The SMILES string of the molecule is CSC(CO)C(C)NC(=O)CSCc1cccs1. The summed E-state index contributed by atoms with van der Waals surface area (Å²) >= 11 is 4.90. The third-order valence-corrected chi connectivity index (χ3v) is 5.69. The van der Waals surface area contributed by atoms with Crippen LogP contribution in [-0.4, -0.2) is 40.9 Å². The van der Waals surface area contributed by atoms with E-state index in [2.05, 4.69) is 11.4 Å². The van der Waals surface area contributed by atoms with Gasteiger partial charge in [-0.15, -0.1) is 23.1 Å². The molecular formula is C12H19NO2S3. The Hall–Kier alpha value is -0.170. The molecule has 3 nitrogen and oxygen atoms in total. The molecule has 0 saturated heterocycles. The van der Waals surface area contributed by atoms with Gasteiger partial charge < -0.3 is 10.4 Å². The van der Waals surface area contributed by atoms with Crippen molar-refractivity contribution >= 4 is 40.8 Å². The molecule has 102 valence electrons. The van der Waals surface area contributed by atoms with Gasteiger partial charge in [0.1, 0.15) is 0 Å². The Labute approximate surface area is 121 Å². The van der Waals surface area contributed by atoms with Gasteiger partial charge in [-0.05, 0) is 24.6 Å². The molecule has 6 heteroatoms. The Bertz CT molecular complexity index is 339. The number of hydrogen-bond acceptors (Lipinski definition) is 5. The highest BCUT2D eigenvalue weighted by molar-refractivity contribution is 7.99. The van der Waals surface area contributed by atoms with E-state index in [9.17, 15) is 4.79 Å². The lowest BCUT2D eigenvalue weighted by atomic mass is 10.2. The van der Waals surface area contributed by atoms with Gasteiger partial charge in [0.2, 0.25) is 5.91 Å². The van der Waals surface area contributed by atoms with Crippen molar-refractivity contribution in [1.82, 2.24) is 5.32 Å². The van der Waals surface area contributed by atoms with Crippen molar-refractivity contribution in [3.63, 3.8) is 0 Å². The Morgan fingerprint density at radius 2 is 2.39 bits per heavy atom. The average molecular weight is 305 g/mol. The van der Waals surface area contributed by atoms with E-state index in [1.54, 1.807) is 34.9 Å². The minimum absolute atomic E-state index is 0.000150. The first-order valence-corrected chi connectivity index (χ1v) is 9.02. The number of nitrogens with one attached hydrogen (secondary N) is 1. The predicted molar refractivity (Wildman–Crippen MR) is 82.5 cm³/mol. The number of hydrogen-bond donors (Lipinski definition) is 2. The molecule has 2 unspecified atom stereocenters. The zero-order valence-electron chi connectivity index (χ0n) is 10.6. The van der Waals surface area contributed by atoms with Gasteiger partial charge >= 0.3 is 0 Å². The number of thioether (sulfide) groups is 2. The summed E-state index contributed by atoms with van der Waals surface area (Å²) in [6.45, 7) is 2.02. The number of amides is 1. The minimum Gasteiger partial charge on any atom is -0.395 e. The van der Waals surface area contributed by atoms with Crippen LogP contribution in [0, 0.1) is 0 Å². The molecule has 0 aliphatic carbocycles. The van der Waals surface area contributed by atoms with Crippen LogP contribution in [0.25, 0.3) is 0 Å². The van der Waals surface area contributed by atoms with E-state index in [1.165, 1.54) is 4.88 Å². The lowest BCUT2D eigenvalue weighted by molar-refractivity contribution is -0.119. The first kappa shape index (κ1) is 15.9. The lowest BCUT2D eigenvalue weighted by Gasteiger charge is -2.21. The third-order valence-electron chi connectivity index (χ3n) is 2.49. The van der Waals surface area contributed by atoms with Crippen molar-refractivity contribution in [1.29, 1.82) is 0 Å². The van der Waals surface area contributed by atoms with E-state index in [-0.39, 0.29) is 23.8 Å². The van der Waals surface area contributed by atoms with E-state index in [0.717, 1.165) is 5.75 Å². The summed E-state index contributed by atoms with van der Waals surface area (Å²) in [5, 5.41) is 14.2. The van der Waals surface area contributed by atoms with Crippen LogP contribution in [0.3, 0.4) is 0 Å². The second-order valence-corrected chi connectivity index (χ2v) is 6.98. The first-order valence-electron chi connectivity index (χ1n) is 5.70.